The second kappa shape index (κ2) is 12.7. The van der Waals surface area contributed by atoms with Crippen LogP contribution in [0.3, 0.4) is 0 Å². The quantitative estimate of drug-likeness (QED) is 0.437. The highest BCUT2D eigenvalue weighted by Crippen LogP contribution is 2.27. The first-order valence-electron chi connectivity index (χ1n) is 12.9. The molecular weight excluding hydrogens is 510 g/mol. The number of hydrogen-bond acceptors (Lipinski definition) is 7. The van der Waals surface area contributed by atoms with Crippen molar-refractivity contribution >= 4 is 21.9 Å². The first kappa shape index (κ1) is 28.0. The van der Waals surface area contributed by atoms with E-state index in [1.165, 1.54) is 16.4 Å². The summed E-state index contributed by atoms with van der Waals surface area (Å²) < 4.78 is 38.8. The molecule has 2 atom stereocenters. The number of benzene rings is 2. The third-order valence-corrected chi connectivity index (χ3v) is 8.79. The highest BCUT2D eigenvalue weighted by Gasteiger charge is 2.40. The zero-order chi connectivity index (χ0) is 27.1. The number of rotatable bonds is 11. The van der Waals surface area contributed by atoms with Crippen molar-refractivity contribution in [3.63, 3.8) is 0 Å². The molecule has 206 valence electrons. The number of nitrogens with zero attached hydrogens (tertiary/aromatic N) is 2. The summed E-state index contributed by atoms with van der Waals surface area (Å²) in [7, 11) is -3.89. The normalized spacial score (nSPS) is 19.7. The topological polar surface area (TPSA) is 125 Å². The Morgan fingerprint density at radius 2 is 1.87 bits per heavy atom. The minimum atomic E-state index is -3.89. The lowest BCUT2D eigenvalue weighted by atomic mass is 10.0. The van der Waals surface area contributed by atoms with Crippen molar-refractivity contribution in [2.24, 2.45) is 0 Å². The minimum absolute atomic E-state index is 0.0408. The minimum Gasteiger partial charge on any atom is -0.492 e. The lowest BCUT2D eigenvalue weighted by molar-refractivity contribution is -0.142. The molecule has 0 aromatic heterocycles. The maximum absolute atomic E-state index is 13.2. The summed E-state index contributed by atoms with van der Waals surface area (Å²) >= 11 is 0. The van der Waals surface area contributed by atoms with Crippen molar-refractivity contribution in [3.05, 3.63) is 59.7 Å². The summed E-state index contributed by atoms with van der Waals surface area (Å²) in [6.45, 7) is 6.50. The molecule has 38 heavy (non-hydrogen) atoms. The zero-order valence-electron chi connectivity index (χ0n) is 21.5. The number of nitrogens with one attached hydrogen (secondary N) is 1. The number of carboxylic acids is 1. The number of carboxylic acid groups (broad SMARTS) is 1. The number of hydrogen-bond donors (Lipinski definition) is 2. The van der Waals surface area contributed by atoms with Gasteiger partial charge in [-0.2, -0.15) is 4.31 Å². The molecule has 10 nitrogen and oxygen atoms in total. The summed E-state index contributed by atoms with van der Waals surface area (Å²) in [6.07, 6.45) is 0.889. The summed E-state index contributed by atoms with van der Waals surface area (Å²) in [5.41, 5.74) is 1.62. The van der Waals surface area contributed by atoms with Crippen LogP contribution in [0, 0.1) is 6.92 Å². The van der Waals surface area contributed by atoms with Gasteiger partial charge in [-0.15, -0.1) is 0 Å². The number of sulfonamides is 1. The molecule has 2 aliphatic heterocycles. The lowest BCUT2D eigenvalue weighted by Gasteiger charge is -2.26. The highest BCUT2D eigenvalue weighted by atomic mass is 32.2. The number of amides is 1. The number of aryl methyl sites for hydroxylation is 1. The van der Waals surface area contributed by atoms with Crippen LogP contribution in [0.2, 0.25) is 0 Å². The molecule has 2 N–H and O–H groups in total. The van der Waals surface area contributed by atoms with Gasteiger partial charge < -0.3 is 19.9 Å². The Morgan fingerprint density at radius 3 is 2.58 bits per heavy atom. The predicted molar refractivity (Wildman–Crippen MR) is 141 cm³/mol. The second-order valence-corrected chi connectivity index (χ2v) is 11.5. The predicted octanol–water partition coefficient (Wildman–Crippen LogP) is 1.67. The number of carbonyl (C=O) groups is 2. The molecule has 2 saturated heterocycles. The van der Waals surface area contributed by atoms with Crippen LogP contribution in [-0.4, -0.2) is 92.7 Å². The Bertz CT molecular complexity index is 1210. The molecule has 0 aliphatic carbocycles. The van der Waals surface area contributed by atoms with E-state index in [0.717, 1.165) is 25.2 Å². The van der Waals surface area contributed by atoms with Crippen molar-refractivity contribution in [1.82, 2.24) is 14.5 Å². The molecule has 0 unspecified atom stereocenters. The lowest BCUT2D eigenvalue weighted by Crippen LogP contribution is -2.51. The van der Waals surface area contributed by atoms with Crippen molar-refractivity contribution in [1.29, 1.82) is 0 Å². The van der Waals surface area contributed by atoms with Crippen molar-refractivity contribution in [2.45, 2.75) is 43.2 Å². The third-order valence-electron chi connectivity index (χ3n) is 6.87. The monoisotopic (exact) mass is 545 g/mol. The molecule has 0 radical (unpaired) electrons. The van der Waals surface area contributed by atoms with E-state index in [0.29, 0.717) is 44.0 Å². The van der Waals surface area contributed by atoms with Gasteiger partial charge in [-0.1, -0.05) is 29.8 Å². The van der Waals surface area contributed by atoms with Crippen molar-refractivity contribution in [2.75, 3.05) is 46.0 Å². The Hall–Kier alpha value is -2.99. The Labute approximate surface area is 223 Å². The molecule has 2 fully saturated rings. The molecule has 2 aliphatic rings. The Kier molecular flexibility index (Phi) is 9.37. The third kappa shape index (κ3) is 7.10. The maximum atomic E-state index is 13.2. The second-order valence-electron chi connectivity index (χ2n) is 9.64. The zero-order valence-corrected chi connectivity index (χ0v) is 22.4. The van der Waals surface area contributed by atoms with Crippen LogP contribution in [0.25, 0.3) is 0 Å². The van der Waals surface area contributed by atoms with E-state index in [4.69, 9.17) is 9.47 Å². The summed E-state index contributed by atoms with van der Waals surface area (Å²) in [6, 6.07) is 11.4. The standard InChI is InChI=1S/C27H35N3O7S/c1-20-7-9-23(10-8-20)38(34,35)30-11-3-6-25(30)26(31)28-24(27(32)33)19-21-4-2-5-22(18-21)37-17-14-29-12-15-36-16-13-29/h2,4-5,7-10,18,24-25H,3,6,11-17,19H2,1H3,(H,28,31)(H,32,33)/t24-,25-/m0/s1. The number of ether oxygens (including phenoxy) is 2. The SMILES string of the molecule is Cc1ccc(S(=O)(=O)N2CCC[C@H]2C(=O)N[C@@H](Cc2cccc(OCCN3CCOCC3)c2)C(=O)O)cc1. The van der Waals surface area contributed by atoms with Gasteiger partial charge in [-0.05, 0) is 49.6 Å². The molecule has 2 aromatic carbocycles. The van der Waals surface area contributed by atoms with Crippen LogP contribution < -0.4 is 10.1 Å². The van der Waals surface area contributed by atoms with Gasteiger partial charge in [-0.3, -0.25) is 9.69 Å². The summed E-state index contributed by atoms with van der Waals surface area (Å²) in [5, 5.41) is 12.4. The van der Waals surface area contributed by atoms with Crippen LogP contribution in [0.1, 0.15) is 24.0 Å². The average Bonchev–Trinajstić information content (AvgIpc) is 3.41. The van der Waals surface area contributed by atoms with Crippen molar-refractivity contribution in [3.8, 4) is 5.75 Å². The van der Waals surface area contributed by atoms with E-state index >= 15 is 0 Å². The van der Waals surface area contributed by atoms with Gasteiger partial charge in [0, 0.05) is 32.6 Å². The average molecular weight is 546 g/mol. The van der Waals surface area contributed by atoms with E-state index in [1.807, 2.05) is 13.0 Å². The smallest absolute Gasteiger partial charge is 0.326 e. The van der Waals surface area contributed by atoms with Crippen LogP contribution in [0.5, 0.6) is 5.75 Å². The van der Waals surface area contributed by atoms with Gasteiger partial charge >= 0.3 is 5.97 Å². The van der Waals surface area contributed by atoms with Gasteiger partial charge in [-0.25, -0.2) is 13.2 Å². The van der Waals surface area contributed by atoms with E-state index in [-0.39, 0.29) is 17.9 Å². The Morgan fingerprint density at radius 1 is 1.13 bits per heavy atom. The molecule has 2 heterocycles. The summed E-state index contributed by atoms with van der Waals surface area (Å²) in [4.78, 5) is 27.5. The number of carbonyl (C=O) groups excluding carboxylic acids is 1. The van der Waals surface area contributed by atoms with Gasteiger partial charge in [0.2, 0.25) is 15.9 Å². The van der Waals surface area contributed by atoms with Crippen LogP contribution in [0.15, 0.2) is 53.4 Å². The largest absolute Gasteiger partial charge is 0.492 e. The van der Waals surface area contributed by atoms with Crippen LogP contribution in [0.4, 0.5) is 0 Å². The van der Waals surface area contributed by atoms with E-state index < -0.39 is 34.0 Å². The molecule has 1 amide bonds. The van der Waals surface area contributed by atoms with E-state index in [9.17, 15) is 23.1 Å². The highest BCUT2D eigenvalue weighted by molar-refractivity contribution is 7.89. The summed E-state index contributed by atoms with van der Waals surface area (Å²) in [5.74, 6) is -1.18. The molecule has 0 spiro atoms. The van der Waals surface area contributed by atoms with Gasteiger partial charge in [0.25, 0.3) is 0 Å². The van der Waals surface area contributed by atoms with Gasteiger partial charge in [0.1, 0.15) is 24.4 Å². The maximum Gasteiger partial charge on any atom is 0.326 e. The van der Waals surface area contributed by atoms with Crippen LogP contribution >= 0.6 is 0 Å². The van der Waals surface area contributed by atoms with Crippen molar-refractivity contribution < 1.29 is 32.6 Å². The molecule has 11 heteroatoms. The fraction of sp³-hybridized carbons (Fsp3) is 0.481. The first-order chi connectivity index (χ1) is 18.2. The van der Waals surface area contributed by atoms with Gasteiger partial charge in [0.15, 0.2) is 0 Å². The number of aliphatic carboxylic acids is 1. The Balaban J connectivity index is 1.37. The fourth-order valence-electron chi connectivity index (χ4n) is 4.72. The molecule has 0 bridgehead atoms. The molecule has 4 rings (SSSR count). The first-order valence-corrected chi connectivity index (χ1v) is 14.3. The van der Waals surface area contributed by atoms with Crippen LogP contribution in [-0.2, 0) is 30.8 Å². The van der Waals surface area contributed by atoms with E-state index in [1.54, 1.807) is 30.3 Å². The van der Waals surface area contributed by atoms with Gasteiger partial charge in [0.05, 0.1) is 18.1 Å². The molecular formula is C27H35N3O7S. The number of morpholine rings is 1. The molecule has 2 aromatic rings. The fourth-order valence-corrected chi connectivity index (χ4v) is 6.38. The molecule has 0 saturated carbocycles. The van der Waals surface area contributed by atoms with E-state index in [2.05, 4.69) is 10.2 Å².